The van der Waals surface area contributed by atoms with Crippen LogP contribution in [0.25, 0.3) is 11.2 Å². The van der Waals surface area contributed by atoms with E-state index in [4.69, 9.17) is 0 Å². The van der Waals surface area contributed by atoms with E-state index in [-0.39, 0.29) is 5.92 Å². The zero-order chi connectivity index (χ0) is 12.6. The van der Waals surface area contributed by atoms with Gasteiger partial charge >= 0.3 is 5.69 Å². The van der Waals surface area contributed by atoms with Crippen LogP contribution in [0.1, 0.15) is 38.9 Å². The number of hydrogen-bond donors (Lipinski definition) is 2. The van der Waals surface area contributed by atoms with Gasteiger partial charge in [-0.05, 0) is 13.3 Å². The SMILES string of the molecule is CCC(C)c1nc2c([nH]1)c(=O)[nH]c(=O)n2CC. The maximum Gasteiger partial charge on any atom is 0.330 e. The van der Waals surface area contributed by atoms with Crippen molar-refractivity contribution in [1.29, 1.82) is 0 Å². The fraction of sp³-hybridized carbons (Fsp3) is 0.545. The molecule has 1 atom stereocenters. The molecule has 0 aromatic carbocycles. The normalized spacial score (nSPS) is 13.1. The number of aromatic nitrogens is 4. The molecular weight excluding hydrogens is 220 g/mol. The number of fused-ring (bicyclic) bond motifs is 1. The first-order valence-corrected chi connectivity index (χ1v) is 5.81. The summed E-state index contributed by atoms with van der Waals surface area (Å²) in [4.78, 5) is 32.9. The summed E-state index contributed by atoms with van der Waals surface area (Å²) in [6, 6.07) is 0. The van der Waals surface area contributed by atoms with Crippen molar-refractivity contribution in [3.63, 3.8) is 0 Å². The minimum atomic E-state index is -0.410. The summed E-state index contributed by atoms with van der Waals surface area (Å²) >= 11 is 0. The number of imidazole rings is 1. The van der Waals surface area contributed by atoms with Crippen LogP contribution in [-0.4, -0.2) is 19.5 Å². The van der Waals surface area contributed by atoms with Crippen molar-refractivity contribution >= 4 is 11.2 Å². The molecule has 1 unspecified atom stereocenters. The Kier molecular flexibility index (Phi) is 2.87. The van der Waals surface area contributed by atoms with Gasteiger partial charge in [0, 0.05) is 12.5 Å². The van der Waals surface area contributed by atoms with Gasteiger partial charge in [0.15, 0.2) is 5.65 Å². The highest BCUT2D eigenvalue weighted by molar-refractivity contribution is 5.69. The highest BCUT2D eigenvalue weighted by Gasteiger charge is 2.14. The van der Waals surface area contributed by atoms with E-state index in [1.165, 1.54) is 4.57 Å². The second-order valence-electron chi connectivity index (χ2n) is 4.13. The lowest BCUT2D eigenvalue weighted by molar-refractivity contribution is 0.685. The second-order valence-corrected chi connectivity index (χ2v) is 4.13. The maximum atomic E-state index is 11.7. The molecule has 0 radical (unpaired) electrons. The molecule has 0 spiro atoms. The third-order valence-corrected chi connectivity index (χ3v) is 3.05. The number of nitrogens with zero attached hydrogens (tertiary/aromatic N) is 2. The minimum Gasteiger partial charge on any atom is -0.336 e. The summed E-state index contributed by atoms with van der Waals surface area (Å²) in [5.41, 5.74) is 0.00209. The van der Waals surface area contributed by atoms with E-state index in [2.05, 4.69) is 21.9 Å². The van der Waals surface area contributed by atoms with Crippen LogP contribution in [0.2, 0.25) is 0 Å². The molecule has 92 valence electrons. The van der Waals surface area contributed by atoms with Gasteiger partial charge in [0.1, 0.15) is 11.3 Å². The fourth-order valence-electron chi connectivity index (χ4n) is 1.78. The molecule has 0 bridgehead atoms. The summed E-state index contributed by atoms with van der Waals surface area (Å²) in [5, 5.41) is 0. The Labute approximate surface area is 97.7 Å². The molecule has 6 heteroatoms. The van der Waals surface area contributed by atoms with Crippen molar-refractivity contribution in [3.05, 3.63) is 26.7 Å². The molecule has 6 nitrogen and oxygen atoms in total. The van der Waals surface area contributed by atoms with Crippen LogP contribution >= 0.6 is 0 Å². The molecular formula is C11H16N4O2. The lowest BCUT2D eigenvalue weighted by Crippen LogP contribution is -2.29. The summed E-state index contributed by atoms with van der Waals surface area (Å²) in [7, 11) is 0. The zero-order valence-corrected chi connectivity index (χ0v) is 10.2. The van der Waals surface area contributed by atoms with Crippen LogP contribution < -0.4 is 11.2 Å². The number of aryl methyl sites for hydroxylation is 1. The van der Waals surface area contributed by atoms with Crippen LogP contribution in [0.4, 0.5) is 0 Å². The number of nitrogens with one attached hydrogen (secondary N) is 2. The van der Waals surface area contributed by atoms with Crippen LogP contribution in [0.15, 0.2) is 9.59 Å². The minimum absolute atomic E-state index is 0.238. The Balaban J connectivity index is 2.79. The average molecular weight is 236 g/mol. The van der Waals surface area contributed by atoms with Crippen molar-refractivity contribution in [2.75, 3.05) is 0 Å². The van der Waals surface area contributed by atoms with Crippen molar-refractivity contribution in [1.82, 2.24) is 19.5 Å². The Hall–Kier alpha value is -1.85. The van der Waals surface area contributed by atoms with E-state index in [9.17, 15) is 9.59 Å². The quantitative estimate of drug-likeness (QED) is 0.832. The lowest BCUT2D eigenvalue weighted by atomic mass is 10.1. The summed E-state index contributed by atoms with van der Waals surface area (Å²) in [6.07, 6.45) is 0.925. The van der Waals surface area contributed by atoms with Gasteiger partial charge in [0.25, 0.3) is 5.56 Å². The Morgan fingerprint density at radius 1 is 1.29 bits per heavy atom. The molecule has 0 saturated heterocycles. The average Bonchev–Trinajstić information content (AvgIpc) is 2.73. The van der Waals surface area contributed by atoms with Crippen molar-refractivity contribution in [2.24, 2.45) is 0 Å². The van der Waals surface area contributed by atoms with E-state index in [1.807, 2.05) is 13.8 Å². The number of H-pyrrole nitrogens is 2. The Morgan fingerprint density at radius 3 is 2.59 bits per heavy atom. The molecule has 2 rings (SSSR count). The largest absolute Gasteiger partial charge is 0.336 e. The molecule has 0 fully saturated rings. The summed E-state index contributed by atoms with van der Waals surface area (Å²) < 4.78 is 1.46. The standard InChI is InChI=1S/C11H16N4O2/c1-4-6(3)8-12-7-9(13-8)15(5-2)11(17)14-10(7)16/h6H,4-5H2,1-3H3,(H,12,13)(H,14,16,17). The predicted octanol–water partition coefficient (Wildman–Crippen LogP) is 0.946. The predicted molar refractivity (Wildman–Crippen MR) is 65.4 cm³/mol. The summed E-state index contributed by atoms with van der Waals surface area (Å²) in [6.45, 7) is 6.41. The third-order valence-electron chi connectivity index (χ3n) is 3.05. The monoisotopic (exact) mass is 236 g/mol. The van der Waals surface area contributed by atoms with Gasteiger partial charge in [-0.3, -0.25) is 14.3 Å². The first kappa shape index (κ1) is 11.6. The molecule has 2 aromatic heterocycles. The van der Waals surface area contributed by atoms with Crippen molar-refractivity contribution in [2.45, 2.75) is 39.7 Å². The number of rotatable bonds is 3. The molecule has 0 aliphatic carbocycles. The van der Waals surface area contributed by atoms with E-state index in [0.717, 1.165) is 12.2 Å². The number of hydrogen-bond acceptors (Lipinski definition) is 3. The molecule has 2 aromatic rings. The highest BCUT2D eigenvalue weighted by Crippen LogP contribution is 2.16. The van der Waals surface area contributed by atoms with Crippen LogP contribution in [0, 0.1) is 0 Å². The van der Waals surface area contributed by atoms with Crippen LogP contribution in [0.5, 0.6) is 0 Å². The van der Waals surface area contributed by atoms with E-state index >= 15 is 0 Å². The van der Waals surface area contributed by atoms with Crippen LogP contribution in [-0.2, 0) is 6.54 Å². The molecule has 17 heavy (non-hydrogen) atoms. The highest BCUT2D eigenvalue weighted by atomic mass is 16.2. The second kappa shape index (κ2) is 4.20. The molecule has 0 aliphatic rings. The molecule has 2 heterocycles. The van der Waals surface area contributed by atoms with Gasteiger partial charge < -0.3 is 4.98 Å². The molecule has 2 N–H and O–H groups in total. The van der Waals surface area contributed by atoms with Crippen molar-refractivity contribution < 1.29 is 0 Å². The van der Waals surface area contributed by atoms with Gasteiger partial charge in [-0.1, -0.05) is 13.8 Å². The van der Waals surface area contributed by atoms with E-state index < -0.39 is 11.2 Å². The fourth-order valence-corrected chi connectivity index (χ4v) is 1.78. The smallest absolute Gasteiger partial charge is 0.330 e. The Morgan fingerprint density at radius 2 is 2.00 bits per heavy atom. The molecule has 0 aliphatic heterocycles. The number of aromatic amines is 2. The lowest BCUT2D eigenvalue weighted by Gasteiger charge is -2.02. The first-order chi connectivity index (χ1) is 8.08. The van der Waals surface area contributed by atoms with Gasteiger partial charge in [-0.2, -0.15) is 0 Å². The molecule has 0 saturated carbocycles. The molecule has 0 amide bonds. The topological polar surface area (TPSA) is 83.5 Å². The zero-order valence-electron chi connectivity index (χ0n) is 10.2. The van der Waals surface area contributed by atoms with Gasteiger partial charge in [0.2, 0.25) is 0 Å². The third kappa shape index (κ3) is 1.79. The van der Waals surface area contributed by atoms with Gasteiger partial charge in [-0.25, -0.2) is 9.78 Å². The van der Waals surface area contributed by atoms with Gasteiger partial charge in [-0.15, -0.1) is 0 Å². The van der Waals surface area contributed by atoms with E-state index in [0.29, 0.717) is 17.7 Å². The Bertz CT molecular complexity index is 650. The van der Waals surface area contributed by atoms with Crippen LogP contribution in [0.3, 0.4) is 0 Å². The first-order valence-electron chi connectivity index (χ1n) is 5.81. The van der Waals surface area contributed by atoms with Crippen molar-refractivity contribution in [3.8, 4) is 0 Å². The van der Waals surface area contributed by atoms with E-state index in [1.54, 1.807) is 0 Å². The summed E-state index contributed by atoms with van der Waals surface area (Å²) in [5.74, 6) is 0.989. The van der Waals surface area contributed by atoms with Gasteiger partial charge in [0.05, 0.1) is 0 Å². The maximum absolute atomic E-state index is 11.7.